The van der Waals surface area contributed by atoms with Gasteiger partial charge in [0.2, 0.25) is 0 Å². The molecular weight excluding hydrogens is 348 g/mol. The van der Waals surface area contributed by atoms with Gasteiger partial charge in [-0.1, -0.05) is 24.3 Å². The summed E-state index contributed by atoms with van der Waals surface area (Å²) in [6, 6.07) is 9.75. The van der Waals surface area contributed by atoms with Crippen LogP contribution < -0.4 is 5.32 Å². The molecule has 5 heteroatoms. The fraction of sp³-hybridized carbons (Fsp3) is 0.565. The molecule has 1 aromatic heterocycles. The van der Waals surface area contributed by atoms with E-state index in [-0.39, 0.29) is 5.91 Å². The van der Waals surface area contributed by atoms with Crippen LogP contribution in [0, 0.1) is 0 Å². The van der Waals surface area contributed by atoms with Gasteiger partial charge in [-0.05, 0) is 63.0 Å². The van der Waals surface area contributed by atoms with Gasteiger partial charge >= 0.3 is 0 Å². The van der Waals surface area contributed by atoms with E-state index in [1.807, 2.05) is 4.90 Å². The second kappa shape index (κ2) is 7.36. The molecule has 1 aliphatic heterocycles. The van der Waals surface area contributed by atoms with Crippen molar-refractivity contribution in [1.29, 1.82) is 0 Å². The largest absolute Gasteiger partial charge is 0.337 e. The molecule has 28 heavy (non-hydrogen) atoms. The molecule has 1 N–H and O–H groups in total. The third-order valence-corrected chi connectivity index (χ3v) is 6.76. The first-order valence-electron chi connectivity index (χ1n) is 10.9. The summed E-state index contributed by atoms with van der Waals surface area (Å²) in [7, 11) is 0. The zero-order chi connectivity index (χ0) is 19.1. The number of rotatable bonds is 4. The predicted octanol–water partition coefficient (Wildman–Crippen LogP) is 2.75. The summed E-state index contributed by atoms with van der Waals surface area (Å²) in [5.74, 6) is 0.148. The van der Waals surface area contributed by atoms with Crippen LogP contribution in [-0.4, -0.2) is 45.8 Å². The maximum Gasteiger partial charge on any atom is 0.274 e. The minimum atomic E-state index is 0.148. The Kier molecular flexibility index (Phi) is 4.71. The molecule has 0 unspecified atom stereocenters. The van der Waals surface area contributed by atoms with Crippen molar-refractivity contribution in [3.05, 3.63) is 52.3 Å². The molecule has 1 saturated heterocycles. The van der Waals surface area contributed by atoms with E-state index in [1.165, 1.54) is 22.4 Å². The first-order valence-corrected chi connectivity index (χ1v) is 10.9. The van der Waals surface area contributed by atoms with Crippen molar-refractivity contribution in [3.8, 4) is 0 Å². The van der Waals surface area contributed by atoms with E-state index in [4.69, 9.17) is 5.10 Å². The smallest absolute Gasteiger partial charge is 0.274 e. The molecule has 148 valence electrons. The number of carbonyl (C=O) groups is 1. The summed E-state index contributed by atoms with van der Waals surface area (Å²) in [5.41, 5.74) is 6.19. The first-order chi connectivity index (χ1) is 13.7. The molecule has 1 fully saturated rings. The second-order valence-electron chi connectivity index (χ2n) is 8.57. The topological polar surface area (TPSA) is 50.2 Å². The molecule has 0 bridgehead atoms. The highest BCUT2D eigenvalue weighted by atomic mass is 16.2. The maximum absolute atomic E-state index is 13.1. The van der Waals surface area contributed by atoms with E-state index >= 15 is 0 Å². The van der Waals surface area contributed by atoms with Gasteiger partial charge in [-0.15, -0.1) is 0 Å². The van der Waals surface area contributed by atoms with Gasteiger partial charge in [-0.25, -0.2) is 0 Å². The average Bonchev–Trinajstić information content (AvgIpc) is 3.45. The lowest BCUT2D eigenvalue weighted by atomic mass is 9.90. The third-order valence-electron chi connectivity index (χ3n) is 6.76. The Bertz CT molecular complexity index is 856. The number of hydrogen-bond donors (Lipinski definition) is 1. The van der Waals surface area contributed by atoms with Gasteiger partial charge in [-0.3, -0.25) is 9.48 Å². The van der Waals surface area contributed by atoms with Crippen molar-refractivity contribution >= 4 is 5.91 Å². The second-order valence-corrected chi connectivity index (χ2v) is 8.57. The number of carbonyl (C=O) groups excluding carboxylic acids is 1. The average molecular weight is 379 g/mol. The molecule has 5 nitrogen and oxygen atoms in total. The lowest BCUT2D eigenvalue weighted by molar-refractivity contribution is 0.0785. The van der Waals surface area contributed by atoms with Gasteiger partial charge in [-0.2, -0.15) is 5.10 Å². The summed E-state index contributed by atoms with van der Waals surface area (Å²) in [5, 5.41) is 8.66. The molecule has 0 saturated carbocycles. The molecule has 2 aromatic rings. The van der Waals surface area contributed by atoms with Crippen molar-refractivity contribution in [2.75, 3.05) is 13.1 Å². The molecule has 1 atom stereocenters. The minimum Gasteiger partial charge on any atom is -0.337 e. The summed E-state index contributed by atoms with van der Waals surface area (Å²) < 4.78 is 2.07. The zero-order valence-electron chi connectivity index (χ0n) is 16.8. The molecule has 5 rings (SSSR count). The van der Waals surface area contributed by atoms with Gasteiger partial charge in [0, 0.05) is 43.0 Å². The highest BCUT2D eigenvalue weighted by Crippen LogP contribution is 2.29. The number of aryl methyl sites for hydroxylation is 1. The van der Waals surface area contributed by atoms with E-state index in [0.29, 0.717) is 12.1 Å². The number of hydrogen-bond acceptors (Lipinski definition) is 3. The number of fused-ring (bicyclic) bond motifs is 2. The molecule has 3 aliphatic rings. The van der Waals surface area contributed by atoms with Gasteiger partial charge in [0.1, 0.15) is 0 Å². The summed E-state index contributed by atoms with van der Waals surface area (Å²) in [4.78, 5) is 15.1. The SMILES string of the molecule is CCn1nc(C(=O)N2CCCC2)c2c1CC[C@@H](NC1Cc3ccccc3C1)C2. The summed E-state index contributed by atoms with van der Waals surface area (Å²) in [6.45, 7) is 4.73. The molecule has 2 heterocycles. The monoisotopic (exact) mass is 378 g/mol. The third kappa shape index (κ3) is 3.16. The fourth-order valence-electron chi connectivity index (χ4n) is 5.34. The highest BCUT2D eigenvalue weighted by molar-refractivity contribution is 5.94. The Morgan fingerprint density at radius 2 is 1.82 bits per heavy atom. The summed E-state index contributed by atoms with van der Waals surface area (Å²) >= 11 is 0. The van der Waals surface area contributed by atoms with Gasteiger partial charge in [0.05, 0.1) is 0 Å². The van der Waals surface area contributed by atoms with Gasteiger partial charge < -0.3 is 10.2 Å². The maximum atomic E-state index is 13.1. The fourth-order valence-corrected chi connectivity index (χ4v) is 5.34. The van der Waals surface area contributed by atoms with Crippen molar-refractivity contribution in [3.63, 3.8) is 0 Å². The molecule has 1 amide bonds. The molecule has 0 spiro atoms. The van der Waals surface area contributed by atoms with Gasteiger partial charge in [0.25, 0.3) is 5.91 Å². The van der Waals surface area contributed by atoms with Crippen LogP contribution in [0.1, 0.15) is 59.1 Å². The van der Waals surface area contributed by atoms with Crippen LogP contribution in [0.3, 0.4) is 0 Å². The number of nitrogens with zero attached hydrogens (tertiary/aromatic N) is 3. The van der Waals surface area contributed by atoms with Crippen LogP contribution in [0.2, 0.25) is 0 Å². The molecule has 1 aromatic carbocycles. The number of aromatic nitrogens is 2. The van der Waals surface area contributed by atoms with Crippen molar-refractivity contribution in [1.82, 2.24) is 20.0 Å². The zero-order valence-corrected chi connectivity index (χ0v) is 16.8. The normalized spacial score (nSPS) is 21.8. The van der Waals surface area contributed by atoms with E-state index in [9.17, 15) is 4.79 Å². The molecule has 0 radical (unpaired) electrons. The van der Waals surface area contributed by atoms with E-state index in [1.54, 1.807) is 0 Å². The Morgan fingerprint density at radius 3 is 2.50 bits per heavy atom. The van der Waals surface area contributed by atoms with Crippen LogP contribution in [0.5, 0.6) is 0 Å². The van der Waals surface area contributed by atoms with Crippen LogP contribution in [-0.2, 0) is 32.2 Å². The van der Waals surface area contributed by atoms with E-state index < -0.39 is 0 Å². The lowest BCUT2D eigenvalue weighted by Gasteiger charge is -2.27. The molecular formula is C23H30N4O. The lowest BCUT2D eigenvalue weighted by Crippen LogP contribution is -2.42. The molecule has 2 aliphatic carbocycles. The summed E-state index contributed by atoms with van der Waals surface area (Å²) in [6.07, 6.45) is 7.55. The van der Waals surface area contributed by atoms with Crippen molar-refractivity contribution in [2.45, 2.75) is 70.5 Å². The van der Waals surface area contributed by atoms with Crippen LogP contribution in [0.4, 0.5) is 0 Å². The van der Waals surface area contributed by atoms with Crippen LogP contribution in [0.15, 0.2) is 24.3 Å². The Balaban J connectivity index is 1.33. The standard InChI is InChI=1S/C23H30N4O/c1-2-27-21-10-9-18(24-19-13-16-7-3-4-8-17(16)14-19)15-20(21)22(25-27)23(28)26-11-5-6-12-26/h3-4,7-8,18-19,24H,2,5-6,9-15H2,1H3/t18-/m1/s1. The van der Waals surface area contributed by atoms with Crippen LogP contribution >= 0.6 is 0 Å². The van der Waals surface area contributed by atoms with Crippen molar-refractivity contribution in [2.24, 2.45) is 0 Å². The highest BCUT2D eigenvalue weighted by Gasteiger charge is 2.33. The van der Waals surface area contributed by atoms with Crippen LogP contribution in [0.25, 0.3) is 0 Å². The number of benzene rings is 1. The predicted molar refractivity (Wildman–Crippen MR) is 110 cm³/mol. The van der Waals surface area contributed by atoms with E-state index in [0.717, 1.165) is 70.3 Å². The number of likely N-dealkylation sites (tertiary alicyclic amines) is 1. The Hall–Kier alpha value is -2.14. The quantitative estimate of drug-likeness (QED) is 0.890. The van der Waals surface area contributed by atoms with E-state index in [2.05, 4.69) is 41.2 Å². The Morgan fingerprint density at radius 1 is 1.11 bits per heavy atom. The van der Waals surface area contributed by atoms with Gasteiger partial charge in [0.15, 0.2) is 5.69 Å². The Labute approximate surface area is 167 Å². The number of amides is 1. The minimum absolute atomic E-state index is 0.148. The van der Waals surface area contributed by atoms with Crippen molar-refractivity contribution < 1.29 is 4.79 Å². The first kappa shape index (κ1) is 17.9. The number of nitrogens with one attached hydrogen (secondary N) is 1.